The monoisotopic (exact) mass is 338 g/mol. The molecule has 0 heterocycles. The highest BCUT2D eigenvalue weighted by Gasteiger charge is 2.08. The van der Waals surface area contributed by atoms with Crippen molar-refractivity contribution in [2.75, 3.05) is 14.2 Å². The maximum Gasteiger partial charge on any atom is 0.172 e. The molecule has 3 aromatic rings. The third kappa shape index (κ3) is 4.14. The van der Waals surface area contributed by atoms with Crippen molar-refractivity contribution < 1.29 is 24.1 Å². The van der Waals surface area contributed by atoms with Crippen LogP contribution in [0.2, 0.25) is 0 Å². The zero-order valence-corrected chi connectivity index (χ0v) is 13.9. The maximum atomic E-state index is 10.0. The third-order valence-corrected chi connectivity index (χ3v) is 3.51. The van der Waals surface area contributed by atoms with E-state index in [1.807, 2.05) is 12.1 Å². The summed E-state index contributed by atoms with van der Waals surface area (Å²) in [5, 5.41) is 10.0. The van der Waals surface area contributed by atoms with Crippen LogP contribution < -0.4 is 18.9 Å². The van der Waals surface area contributed by atoms with Gasteiger partial charge in [0.05, 0.1) is 14.2 Å². The van der Waals surface area contributed by atoms with Crippen LogP contribution >= 0.6 is 0 Å². The normalized spacial score (nSPS) is 10.2. The van der Waals surface area contributed by atoms with Crippen LogP contribution in [0.3, 0.4) is 0 Å². The molecule has 5 nitrogen and oxygen atoms in total. The number of aromatic hydroxyl groups is 1. The van der Waals surface area contributed by atoms with Crippen molar-refractivity contribution >= 4 is 0 Å². The van der Waals surface area contributed by atoms with E-state index in [4.69, 9.17) is 18.9 Å². The molecular formula is C20H18O5. The third-order valence-electron chi connectivity index (χ3n) is 3.51. The lowest BCUT2D eigenvalue weighted by atomic mass is 10.2. The van der Waals surface area contributed by atoms with Crippen molar-refractivity contribution in [2.24, 2.45) is 0 Å². The zero-order valence-electron chi connectivity index (χ0n) is 13.9. The average molecular weight is 338 g/mol. The molecule has 1 N–H and O–H groups in total. The van der Waals surface area contributed by atoms with Crippen LogP contribution in [0, 0.1) is 0 Å². The summed E-state index contributed by atoms with van der Waals surface area (Å²) < 4.78 is 21.7. The minimum Gasteiger partial charge on any atom is -0.504 e. The predicted octanol–water partition coefficient (Wildman–Crippen LogP) is 4.99. The molecule has 3 rings (SSSR count). The summed E-state index contributed by atoms with van der Waals surface area (Å²) in [4.78, 5) is 0. The Morgan fingerprint density at radius 2 is 1.00 bits per heavy atom. The fraction of sp³-hybridized carbons (Fsp3) is 0.100. The number of phenols is 1. The van der Waals surface area contributed by atoms with Gasteiger partial charge in [0.25, 0.3) is 0 Å². The minimum absolute atomic E-state index is 0.0258. The number of benzene rings is 3. The van der Waals surface area contributed by atoms with E-state index in [-0.39, 0.29) is 5.75 Å². The van der Waals surface area contributed by atoms with Gasteiger partial charge in [-0.25, -0.2) is 0 Å². The van der Waals surface area contributed by atoms with Crippen molar-refractivity contribution in [3.8, 4) is 40.2 Å². The highest BCUT2D eigenvalue weighted by Crippen LogP contribution is 2.36. The van der Waals surface area contributed by atoms with Crippen molar-refractivity contribution in [2.45, 2.75) is 0 Å². The molecule has 0 aliphatic rings. The van der Waals surface area contributed by atoms with Crippen LogP contribution in [-0.2, 0) is 0 Å². The number of hydrogen-bond acceptors (Lipinski definition) is 5. The van der Waals surface area contributed by atoms with E-state index in [1.165, 1.54) is 6.07 Å². The lowest BCUT2D eigenvalue weighted by Crippen LogP contribution is -1.89. The van der Waals surface area contributed by atoms with Gasteiger partial charge in [0, 0.05) is 6.07 Å². The zero-order chi connectivity index (χ0) is 17.6. The number of rotatable bonds is 6. The van der Waals surface area contributed by atoms with Gasteiger partial charge >= 0.3 is 0 Å². The molecule has 0 atom stereocenters. The summed E-state index contributed by atoms with van der Waals surface area (Å²) in [6.07, 6.45) is 0. The Balaban J connectivity index is 1.76. The number of hydrogen-bond donors (Lipinski definition) is 1. The summed E-state index contributed by atoms with van der Waals surface area (Å²) in [5.41, 5.74) is 0. The molecule has 5 heteroatoms. The van der Waals surface area contributed by atoms with Gasteiger partial charge in [-0.3, -0.25) is 0 Å². The summed E-state index contributed by atoms with van der Waals surface area (Å²) in [5.74, 6) is 3.59. The maximum absolute atomic E-state index is 10.0. The van der Waals surface area contributed by atoms with Gasteiger partial charge in [-0.05, 0) is 60.7 Å². The smallest absolute Gasteiger partial charge is 0.172 e. The highest BCUT2D eigenvalue weighted by molar-refractivity contribution is 5.48. The molecule has 128 valence electrons. The van der Waals surface area contributed by atoms with Gasteiger partial charge in [-0.15, -0.1) is 0 Å². The Morgan fingerprint density at radius 3 is 1.52 bits per heavy atom. The first-order valence-electron chi connectivity index (χ1n) is 7.65. The van der Waals surface area contributed by atoms with Crippen molar-refractivity contribution in [3.63, 3.8) is 0 Å². The largest absolute Gasteiger partial charge is 0.504 e. The lowest BCUT2D eigenvalue weighted by Gasteiger charge is -2.11. The quantitative estimate of drug-likeness (QED) is 0.686. The molecule has 0 amide bonds. The van der Waals surface area contributed by atoms with E-state index in [2.05, 4.69) is 0 Å². The molecule has 0 aromatic heterocycles. The van der Waals surface area contributed by atoms with Crippen LogP contribution in [0.15, 0.2) is 66.7 Å². The van der Waals surface area contributed by atoms with Gasteiger partial charge in [0.2, 0.25) is 0 Å². The van der Waals surface area contributed by atoms with E-state index >= 15 is 0 Å². The highest BCUT2D eigenvalue weighted by atomic mass is 16.5. The molecule has 0 spiro atoms. The van der Waals surface area contributed by atoms with Crippen molar-refractivity contribution in [1.29, 1.82) is 0 Å². The summed E-state index contributed by atoms with van der Waals surface area (Å²) >= 11 is 0. The standard InChI is InChI=1S/C20H18O5/c1-22-14-3-7-16(8-4-14)24-18-11-12-19(21)20(13-18)25-17-9-5-15(23-2)6-10-17/h3-13,21H,1-2H3. The summed E-state index contributed by atoms with van der Waals surface area (Å²) in [7, 11) is 3.21. The molecule has 0 saturated heterocycles. The van der Waals surface area contributed by atoms with Gasteiger partial charge in [0.1, 0.15) is 28.7 Å². The Bertz CT molecular complexity index is 826. The van der Waals surface area contributed by atoms with Crippen LogP contribution in [0.5, 0.6) is 40.2 Å². The molecule has 0 fully saturated rings. The first-order valence-corrected chi connectivity index (χ1v) is 7.65. The van der Waals surface area contributed by atoms with E-state index in [0.717, 1.165) is 11.5 Å². The molecule has 0 bridgehead atoms. The fourth-order valence-electron chi connectivity index (χ4n) is 2.19. The summed E-state index contributed by atoms with van der Waals surface area (Å²) in [6, 6.07) is 19.1. The Hall–Kier alpha value is -3.34. The van der Waals surface area contributed by atoms with Crippen molar-refractivity contribution in [3.05, 3.63) is 66.7 Å². The van der Waals surface area contributed by atoms with E-state index in [9.17, 15) is 5.11 Å². The van der Waals surface area contributed by atoms with Gasteiger partial charge in [0.15, 0.2) is 11.5 Å². The molecule has 0 aliphatic heterocycles. The second-order valence-corrected chi connectivity index (χ2v) is 5.18. The van der Waals surface area contributed by atoms with Gasteiger partial charge in [-0.1, -0.05) is 0 Å². The first-order chi connectivity index (χ1) is 12.2. The molecule has 0 radical (unpaired) electrons. The first kappa shape index (κ1) is 16.5. The second-order valence-electron chi connectivity index (χ2n) is 5.18. The lowest BCUT2D eigenvalue weighted by molar-refractivity contribution is 0.400. The number of methoxy groups -OCH3 is 2. The SMILES string of the molecule is COc1ccc(Oc2ccc(O)c(Oc3ccc(OC)cc3)c2)cc1. The van der Waals surface area contributed by atoms with Gasteiger partial charge in [-0.2, -0.15) is 0 Å². The van der Waals surface area contributed by atoms with Crippen molar-refractivity contribution in [1.82, 2.24) is 0 Å². The molecular weight excluding hydrogens is 320 g/mol. The number of ether oxygens (including phenoxy) is 4. The van der Waals surface area contributed by atoms with Crippen LogP contribution in [-0.4, -0.2) is 19.3 Å². The molecule has 0 unspecified atom stereocenters. The minimum atomic E-state index is 0.0258. The van der Waals surface area contributed by atoms with Gasteiger partial charge < -0.3 is 24.1 Å². The van der Waals surface area contributed by atoms with E-state index in [1.54, 1.807) is 62.8 Å². The van der Waals surface area contributed by atoms with Crippen LogP contribution in [0.25, 0.3) is 0 Å². The second kappa shape index (κ2) is 7.49. The topological polar surface area (TPSA) is 57.2 Å². The number of phenolic OH excluding ortho intramolecular Hbond substituents is 1. The Labute approximate surface area is 146 Å². The van der Waals surface area contributed by atoms with Crippen LogP contribution in [0.4, 0.5) is 0 Å². The summed E-state index contributed by atoms with van der Waals surface area (Å²) in [6.45, 7) is 0. The average Bonchev–Trinajstić information content (AvgIpc) is 2.66. The molecule has 0 aliphatic carbocycles. The fourth-order valence-corrected chi connectivity index (χ4v) is 2.19. The molecule has 0 saturated carbocycles. The van der Waals surface area contributed by atoms with E-state index in [0.29, 0.717) is 23.0 Å². The van der Waals surface area contributed by atoms with Crippen LogP contribution in [0.1, 0.15) is 0 Å². The Morgan fingerprint density at radius 1 is 0.560 bits per heavy atom. The Kier molecular flexibility index (Phi) is 4.95. The molecule has 25 heavy (non-hydrogen) atoms. The van der Waals surface area contributed by atoms with E-state index < -0.39 is 0 Å². The molecule has 3 aromatic carbocycles. The predicted molar refractivity (Wildman–Crippen MR) is 94.2 cm³/mol.